The van der Waals surface area contributed by atoms with Gasteiger partial charge in [0.2, 0.25) is 0 Å². The molecule has 0 fully saturated rings. The van der Waals surface area contributed by atoms with Gasteiger partial charge in [-0.2, -0.15) is 0 Å². The fourth-order valence-corrected chi connectivity index (χ4v) is 3.19. The summed E-state index contributed by atoms with van der Waals surface area (Å²) in [7, 11) is 2.67. The van der Waals surface area contributed by atoms with Gasteiger partial charge in [0.1, 0.15) is 9.84 Å². The molecule has 0 radical (unpaired) electrons. The van der Waals surface area contributed by atoms with Crippen molar-refractivity contribution < 1.29 is 8.42 Å². The number of nitrogens with one attached hydrogen (secondary N) is 2. The quantitative estimate of drug-likeness (QED) is 0.558. The molecule has 7 nitrogen and oxygen atoms in total. The van der Waals surface area contributed by atoms with Crippen molar-refractivity contribution in [3.05, 3.63) is 11.1 Å². The lowest BCUT2D eigenvalue weighted by Crippen LogP contribution is -2.42. The van der Waals surface area contributed by atoms with Gasteiger partial charge in [-0.15, -0.1) is 11.3 Å². The van der Waals surface area contributed by atoms with E-state index in [2.05, 4.69) is 20.6 Å². The van der Waals surface area contributed by atoms with Gasteiger partial charge in [-0.3, -0.25) is 4.99 Å². The number of nitrogens with zero attached hydrogens (tertiary/aromatic N) is 3. The van der Waals surface area contributed by atoms with Crippen molar-refractivity contribution in [2.24, 2.45) is 4.99 Å². The average molecular weight is 348 g/mol. The van der Waals surface area contributed by atoms with Crippen LogP contribution in [0.15, 0.2) is 10.4 Å². The zero-order chi connectivity index (χ0) is 16.8. The highest BCUT2D eigenvalue weighted by atomic mass is 32.2. The second-order valence-corrected chi connectivity index (χ2v) is 8.50. The molecular weight excluding hydrogens is 322 g/mol. The summed E-state index contributed by atoms with van der Waals surface area (Å²) in [6.45, 7) is 2.51. The van der Waals surface area contributed by atoms with E-state index in [0.717, 1.165) is 10.8 Å². The van der Waals surface area contributed by atoms with E-state index >= 15 is 0 Å². The fraction of sp³-hybridized carbons (Fsp3) is 0.692. The first kappa shape index (κ1) is 18.7. The van der Waals surface area contributed by atoms with Crippen molar-refractivity contribution in [1.82, 2.24) is 15.6 Å². The van der Waals surface area contributed by atoms with Crippen LogP contribution in [0.3, 0.4) is 0 Å². The summed E-state index contributed by atoms with van der Waals surface area (Å²) in [5, 5.41) is 9.32. The van der Waals surface area contributed by atoms with Gasteiger partial charge < -0.3 is 15.5 Å². The number of hydrogen-bond donors (Lipinski definition) is 2. The molecule has 1 rings (SSSR count). The first-order chi connectivity index (χ1) is 10.2. The summed E-state index contributed by atoms with van der Waals surface area (Å²) in [5.41, 5.74) is 0.945. The number of aromatic nitrogens is 1. The van der Waals surface area contributed by atoms with Crippen LogP contribution in [0, 0.1) is 0 Å². The third-order valence-corrected chi connectivity index (χ3v) is 4.92. The van der Waals surface area contributed by atoms with Crippen LogP contribution in [-0.2, 0) is 16.4 Å². The Kier molecular flexibility index (Phi) is 7.08. The Morgan fingerprint density at radius 2 is 2.18 bits per heavy atom. The maximum Gasteiger partial charge on any atom is 0.191 e. The predicted octanol–water partition coefficient (Wildman–Crippen LogP) is 0.697. The largest absolute Gasteiger partial charge is 0.354 e. The number of thiazole rings is 1. The van der Waals surface area contributed by atoms with Gasteiger partial charge in [0, 0.05) is 38.8 Å². The van der Waals surface area contributed by atoms with Crippen LogP contribution in [0.25, 0.3) is 0 Å². The van der Waals surface area contributed by atoms with Crippen molar-refractivity contribution in [2.75, 3.05) is 38.1 Å². The zero-order valence-corrected chi connectivity index (χ0v) is 15.4. The molecule has 126 valence electrons. The van der Waals surface area contributed by atoms with E-state index < -0.39 is 9.84 Å². The SMILES string of the molecule is CN=C(NCc1csc(N(C)C)n1)NC(C)CCS(C)(=O)=O. The van der Waals surface area contributed by atoms with Crippen molar-refractivity contribution in [2.45, 2.75) is 25.9 Å². The Hall–Kier alpha value is -1.35. The fourth-order valence-electron chi connectivity index (χ4n) is 1.65. The molecule has 0 saturated heterocycles. The molecule has 0 aliphatic carbocycles. The number of hydrogen-bond acceptors (Lipinski definition) is 6. The van der Waals surface area contributed by atoms with Gasteiger partial charge in [-0.25, -0.2) is 13.4 Å². The molecule has 1 aromatic heterocycles. The van der Waals surface area contributed by atoms with E-state index in [4.69, 9.17) is 0 Å². The number of anilines is 1. The topological polar surface area (TPSA) is 86.7 Å². The summed E-state index contributed by atoms with van der Waals surface area (Å²) >= 11 is 1.59. The second kappa shape index (κ2) is 8.33. The molecule has 1 unspecified atom stereocenters. The van der Waals surface area contributed by atoms with Crippen molar-refractivity contribution in [3.8, 4) is 0 Å². The highest BCUT2D eigenvalue weighted by Crippen LogP contribution is 2.17. The standard InChI is InChI=1S/C13H25N5O2S2/c1-10(6-7-22(5,19)20)16-12(14-2)15-8-11-9-21-13(17-11)18(3)4/h9-10H,6-8H2,1-5H3,(H2,14,15,16). The van der Waals surface area contributed by atoms with E-state index in [1.54, 1.807) is 18.4 Å². The van der Waals surface area contributed by atoms with Crippen LogP contribution in [0.4, 0.5) is 5.13 Å². The maximum absolute atomic E-state index is 11.2. The first-order valence-electron chi connectivity index (χ1n) is 6.98. The molecule has 0 saturated carbocycles. The number of rotatable bonds is 7. The summed E-state index contributed by atoms with van der Waals surface area (Å²) in [4.78, 5) is 10.6. The lowest BCUT2D eigenvalue weighted by Gasteiger charge is -2.17. The summed E-state index contributed by atoms with van der Waals surface area (Å²) in [6.07, 6.45) is 1.79. The molecule has 0 bridgehead atoms. The molecule has 0 aliphatic rings. The summed E-state index contributed by atoms with van der Waals surface area (Å²) in [6, 6.07) is 0.0219. The normalized spacial score (nSPS) is 13.8. The van der Waals surface area contributed by atoms with E-state index in [0.29, 0.717) is 18.9 Å². The number of guanidine groups is 1. The molecular formula is C13H25N5O2S2. The smallest absolute Gasteiger partial charge is 0.191 e. The molecule has 0 aliphatic heterocycles. The lowest BCUT2D eigenvalue weighted by molar-refractivity contribution is 0.581. The predicted molar refractivity (Wildman–Crippen MR) is 93.6 cm³/mol. The minimum absolute atomic E-state index is 0.0219. The second-order valence-electron chi connectivity index (χ2n) is 5.41. The van der Waals surface area contributed by atoms with Gasteiger partial charge >= 0.3 is 0 Å². The van der Waals surface area contributed by atoms with Crippen LogP contribution in [0.2, 0.25) is 0 Å². The van der Waals surface area contributed by atoms with Crippen molar-refractivity contribution in [3.63, 3.8) is 0 Å². The highest BCUT2D eigenvalue weighted by molar-refractivity contribution is 7.90. The number of sulfone groups is 1. The van der Waals surface area contributed by atoms with Gasteiger partial charge in [0.15, 0.2) is 11.1 Å². The minimum atomic E-state index is -2.94. The van der Waals surface area contributed by atoms with Gasteiger partial charge in [0.25, 0.3) is 0 Å². The number of aliphatic imine (C=N–C) groups is 1. The third-order valence-electron chi connectivity index (χ3n) is 2.89. The lowest BCUT2D eigenvalue weighted by atomic mass is 10.3. The van der Waals surface area contributed by atoms with Gasteiger partial charge in [0.05, 0.1) is 18.0 Å². The van der Waals surface area contributed by atoms with E-state index in [1.165, 1.54) is 6.26 Å². The minimum Gasteiger partial charge on any atom is -0.354 e. The molecule has 22 heavy (non-hydrogen) atoms. The summed E-state index contributed by atoms with van der Waals surface area (Å²) < 4.78 is 22.3. The van der Waals surface area contributed by atoms with Crippen LogP contribution < -0.4 is 15.5 Å². The highest BCUT2D eigenvalue weighted by Gasteiger charge is 2.10. The molecule has 1 atom stereocenters. The van der Waals surface area contributed by atoms with E-state index in [-0.39, 0.29) is 11.8 Å². The third kappa shape index (κ3) is 7.08. The van der Waals surface area contributed by atoms with Crippen LogP contribution in [-0.4, -0.2) is 58.6 Å². The summed E-state index contributed by atoms with van der Waals surface area (Å²) in [5.74, 6) is 0.802. The molecule has 9 heteroatoms. The molecule has 0 spiro atoms. The Balaban J connectivity index is 2.44. The van der Waals surface area contributed by atoms with E-state index in [9.17, 15) is 8.42 Å². The van der Waals surface area contributed by atoms with Crippen LogP contribution >= 0.6 is 11.3 Å². The Morgan fingerprint density at radius 3 is 2.68 bits per heavy atom. The Bertz CT molecular complexity index is 595. The van der Waals surface area contributed by atoms with Gasteiger partial charge in [-0.1, -0.05) is 0 Å². The molecule has 0 amide bonds. The van der Waals surface area contributed by atoms with Crippen LogP contribution in [0.1, 0.15) is 19.0 Å². The van der Waals surface area contributed by atoms with Crippen molar-refractivity contribution >= 4 is 32.3 Å². The molecule has 0 aromatic carbocycles. The molecule has 2 N–H and O–H groups in total. The maximum atomic E-state index is 11.2. The Morgan fingerprint density at radius 1 is 1.50 bits per heavy atom. The zero-order valence-electron chi connectivity index (χ0n) is 13.8. The van der Waals surface area contributed by atoms with Gasteiger partial charge in [-0.05, 0) is 13.3 Å². The Labute approximate surface area is 136 Å². The monoisotopic (exact) mass is 347 g/mol. The average Bonchev–Trinajstić information content (AvgIpc) is 2.89. The molecule has 1 aromatic rings. The van der Waals surface area contributed by atoms with E-state index in [1.807, 2.05) is 31.3 Å². The first-order valence-corrected chi connectivity index (χ1v) is 9.92. The van der Waals surface area contributed by atoms with Crippen molar-refractivity contribution in [1.29, 1.82) is 0 Å². The molecule has 1 heterocycles. The van der Waals surface area contributed by atoms with Crippen LogP contribution in [0.5, 0.6) is 0 Å².